The molecule has 6 nitrogen and oxygen atoms in total. The maximum atomic E-state index is 14.0. The van der Waals surface area contributed by atoms with E-state index in [0.717, 1.165) is 39.7 Å². The molecule has 1 aliphatic heterocycles. The number of fused-ring (bicyclic) bond motifs is 1. The van der Waals surface area contributed by atoms with E-state index >= 15 is 0 Å². The van der Waals surface area contributed by atoms with Gasteiger partial charge < -0.3 is 19.5 Å². The highest BCUT2D eigenvalue weighted by Gasteiger charge is 2.42. The molecule has 2 aliphatic rings. The van der Waals surface area contributed by atoms with Crippen molar-refractivity contribution in [3.63, 3.8) is 0 Å². The Labute approximate surface area is 223 Å². The van der Waals surface area contributed by atoms with Gasteiger partial charge in [0.1, 0.15) is 0 Å². The molecule has 3 aromatic carbocycles. The van der Waals surface area contributed by atoms with E-state index < -0.39 is 5.92 Å². The number of ketones is 1. The summed E-state index contributed by atoms with van der Waals surface area (Å²) in [7, 11) is 3.22. The quantitative estimate of drug-likeness (QED) is 0.382. The number of hydrogen-bond donors (Lipinski definition) is 1. The Balaban J connectivity index is 1.62. The van der Waals surface area contributed by atoms with E-state index in [0.29, 0.717) is 42.1 Å². The third-order valence-electron chi connectivity index (χ3n) is 7.50. The van der Waals surface area contributed by atoms with Gasteiger partial charge in [-0.1, -0.05) is 55.5 Å². The topological polar surface area (TPSA) is 73.9 Å². The lowest BCUT2D eigenvalue weighted by atomic mass is 9.71. The molecule has 38 heavy (non-hydrogen) atoms. The minimum atomic E-state index is -0.499. The zero-order valence-corrected chi connectivity index (χ0v) is 22.3. The van der Waals surface area contributed by atoms with Gasteiger partial charge in [-0.3, -0.25) is 4.79 Å². The van der Waals surface area contributed by atoms with Crippen LogP contribution in [0, 0.1) is 0 Å². The van der Waals surface area contributed by atoms with Gasteiger partial charge in [0.05, 0.1) is 26.4 Å². The van der Waals surface area contributed by atoms with Crippen LogP contribution < -0.4 is 14.8 Å². The fourth-order valence-corrected chi connectivity index (χ4v) is 5.74. The molecule has 0 saturated heterocycles. The number of dihydropyridines is 1. The molecule has 0 amide bonds. The van der Waals surface area contributed by atoms with Gasteiger partial charge in [0.25, 0.3) is 0 Å². The fourth-order valence-electron chi connectivity index (χ4n) is 5.74. The molecule has 3 aromatic rings. The maximum absolute atomic E-state index is 14.0. The van der Waals surface area contributed by atoms with E-state index in [-0.39, 0.29) is 17.7 Å². The Morgan fingerprint density at radius 1 is 0.974 bits per heavy atom. The highest BCUT2D eigenvalue weighted by atomic mass is 16.5. The predicted molar refractivity (Wildman–Crippen MR) is 147 cm³/mol. The molecule has 0 fully saturated rings. The monoisotopic (exact) mass is 511 g/mol. The third-order valence-corrected chi connectivity index (χ3v) is 7.50. The first-order valence-corrected chi connectivity index (χ1v) is 13.1. The zero-order valence-electron chi connectivity index (χ0n) is 22.3. The number of esters is 1. The zero-order chi connectivity index (χ0) is 26.8. The molecule has 1 aliphatic carbocycles. The molecule has 1 N–H and O–H groups in total. The summed E-state index contributed by atoms with van der Waals surface area (Å²) in [6, 6.07) is 20.0. The van der Waals surface area contributed by atoms with Crippen LogP contribution in [-0.2, 0) is 14.3 Å². The minimum Gasteiger partial charge on any atom is -0.493 e. The summed E-state index contributed by atoms with van der Waals surface area (Å²) >= 11 is 0. The Bertz CT molecular complexity index is 1460. The first kappa shape index (κ1) is 25.6. The van der Waals surface area contributed by atoms with Gasteiger partial charge in [0, 0.05) is 29.3 Å². The Morgan fingerprint density at radius 3 is 2.50 bits per heavy atom. The van der Waals surface area contributed by atoms with Crippen molar-refractivity contribution in [2.24, 2.45) is 0 Å². The number of Topliss-reactive ketones (excluding diaryl/α,β-unsaturated/α-hetero) is 1. The van der Waals surface area contributed by atoms with E-state index in [1.165, 1.54) is 0 Å². The van der Waals surface area contributed by atoms with E-state index in [9.17, 15) is 9.59 Å². The van der Waals surface area contributed by atoms with Gasteiger partial charge in [-0.15, -0.1) is 0 Å². The number of hydrogen-bond acceptors (Lipinski definition) is 6. The lowest BCUT2D eigenvalue weighted by Crippen LogP contribution is -2.36. The van der Waals surface area contributed by atoms with Gasteiger partial charge >= 0.3 is 5.97 Å². The van der Waals surface area contributed by atoms with Crippen LogP contribution in [0.3, 0.4) is 0 Å². The Hall–Kier alpha value is -4.06. The molecule has 0 radical (unpaired) electrons. The number of carbonyl (C=O) groups is 2. The summed E-state index contributed by atoms with van der Waals surface area (Å²) in [6.45, 7) is 4.20. The Kier molecular flexibility index (Phi) is 7.23. The van der Waals surface area contributed by atoms with Crippen molar-refractivity contribution in [2.45, 2.75) is 44.9 Å². The van der Waals surface area contributed by atoms with E-state index in [2.05, 4.69) is 23.5 Å². The lowest BCUT2D eigenvalue weighted by Gasteiger charge is -2.37. The second kappa shape index (κ2) is 10.7. The van der Waals surface area contributed by atoms with Crippen LogP contribution >= 0.6 is 0 Å². The largest absolute Gasteiger partial charge is 0.493 e. The van der Waals surface area contributed by atoms with Crippen LogP contribution in [0.1, 0.15) is 56.1 Å². The highest BCUT2D eigenvalue weighted by molar-refractivity contribution is 6.05. The number of ether oxygens (including phenoxy) is 3. The smallest absolute Gasteiger partial charge is 0.336 e. The van der Waals surface area contributed by atoms with E-state index in [4.69, 9.17) is 14.2 Å². The highest BCUT2D eigenvalue weighted by Crippen LogP contribution is 2.47. The predicted octanol–water partition coefficient (Wildman–Crippen LogP) is 6.17. The van der Waals surface area contributed by atoms with E-state index in [1.54, 1.807) is 14.2 Å². The van der Waals surface area contributed by atoms with Crippen molar-refractivity contribution in [1.29, 1.82) is 0 Å². The molecule has 0 spiro atoms. The molecule has 0 saturated carbocycles. The lowest BCUT2D eigenvalue weighted by molar-refractivity contribution is -0.139. The fraction of sp³-hybridized carbons (Fsp3) is 0.312. The van der Waals surface area contributed by atoms with Crippen LogP contribution in [0.5, 0.6) is 11.5 Å². The van der Waals surface area contributed by atoms with Crippen molar-refractivity contribution in [2.75, 3.05) is 20.8 Å². The van der Waals surface area contributed by atoms with Crippen LogP contribution in [0.4, 0.5) is 0 Å². The average Bonchev–Trinajstić information content (AvgIpc) is 2.94. The van der Waals surface area contributed by atoms with E-state index in [1.807, 2.05) is 56.3 Å². The summed E-state index contributed by atoms with van der Waals surface area (Å²) in [5.74, 6) is 0.420. The molecule has 0 aromatic heterocycles. The van der Waals surface area contributed by atoms with Crippen LogP contribution in [0.15, 0.2) is 83.2 Å². The maximum Gasteiger partial charge on any atom is 0.336 e. The van der Waals surface area contributed by atoms with Crippen LogP contribution in [0.25, 0.3) is 10.8 Å². The number of nitrogens with one attached hydrogen (secondary N) is 1. The summed E-state index contributed by atoms with van der Waals surface area (Å²) in [4.78, 5) is 27.4. The molecule has 1 heterocycles. The summed E-state index contributed by atoms with van der Waals surface area (Å²) in [5, 5.41) is 5.53. The summed E-state index contributed by atoms with van der Waals surface area (Å²) < 4.78 is 16.5. The van der Waals surface area contributed by atoms with Gasteiger partial charge in [0.2, 0.25) is 0 Å². The number of rotatable bonds is 7. The van der Waals surface area contributed by atoms with Crippen molar-refractivity contribution >= 4 is 22.5 Å². The molecule has 0 bridgehead atoms. The minimum absolute atomic E-state index is 0.0249. The van der Waals surface area contributed by atoms with Crippen molar-refractivity contribution in [1.82, 2.24) is 5.32 Å². The molecular weight excluding hydrogens is 478 g/mol. The SMILES string of the molecule is CCCOC(=O)C1=C(C)NC2=C(C(=O)C[C@@H](c3ccc(OC)c(OC)c3)C2)[C@H]1c1cccc2ccccc12. The molecule has 196 valence electrons. The summed E-state index contributed by atoms with van der Waals surface area (Å²) in [6.07, 6.45) is 1.71. The number of benzene rings is 3. The van der Waals surface area contributed by atoms with Gasteiger partial charge in [-0.05, 0) is 59.7 Å². The average molecular weight is 512 g/mol. The molecule has 5 rings (SSSR count). The van der Waals surface area contributed by atoms with Crippen molar-refractivity contribution < 1.29 is 23.8 Å². The molecule has 0 unspecified atom stereocenters. The normalized spacial score (nSPS) is 19.2. The first-order chi connectivity index (χ1) is 18.5. The third kappa shape index (κ3) is 4.55. The Morgan fingerprint density at radius 2 is 1.74 bits per heavy atom. The second-order valence-corrected chi connectivity index (χ2v) is 9.84. The van der Waals surface area contributed by atoms with Gasteiger partial charge in [0.15, 0.2) is 17.3 Å². The van der Waals surface area contributed by atoms with Crippen LogP contribution in [-0.4, -0.2) is 32.6 Å². The molecule has 2 atom stereocenters. The number of methoxy groups -OCH3 is 2. The first-order valence-electron chi connectivity index (χ1n) is 13.1. The standard InChI is InChI=1S/C32H33NO5/c1-5-15-38-32(35)29-19(2)33-25-16-22(21-13-14-27(36-3)28(18-21)37-4)17-26(34)31(25)30(29)24-12-8-10-20-9-6-7-11-23(20)24/h6-14,18,22,30,33H,5,15-17H2,1-4H3/t22-,30-/m0/s1. The molecular formula is C32H33NO5. The number of carbonyl (C=O) groups excluding carboxylic acids is 2. The summed E-state index contributed by atoms with van der Waals surface area (Å²) in [5.41, 5.74) is 4.71. The van der Waals surface area contributed by atoms with Crippen molar-refractivity contribution in [3.8, 4) is 11.5 Å². The van der Waals surface area contributed by atoms with Crippen molar-refractivity contribution in [3.05, 3.63) is 94.3 Å². The number of allylic oxidation sites excluding steroid dienone is 3. The van der Waals surface area contributed by atoms with Gasteiger partial charge in [-0.25, -0.2) is 4.79 Å². The molecule has 6 heteroatoms. The second-order valence-electron chi connectivity index (χ2n) is 9.84. The van der Waals surface area contributed by atoms with Crippen LogP contribution in [0.2, 0.25) is 0 Å². The van der Waals surface area contributed by atoms with Gasteiger partial charge in [-0.2, -0.15) is 0 Å².